The van der Waals surface area contributed by atoms with Gasteiger partial charge in [-0.25, -0.2) is 4.79 Å². The van der Waals surface area contributed by atoms with Crippen molar-refractivity contribution >= 4 is 5.97 Å². The molecule has 0 radical (unpaired) electrons. The maximum Gasteiger partial charge on any atom is 0.341 e. The van der Waals surface area contributed by atoms with Gasteiger partial charge in [0.15, 0.2) is 0 Å². The Balaban J connectivity index is 2.26. The highest BCUT2D eigenvalue weighted by Crippen LogP contribution is 2.49. The summed E-state index contributed by atoms with van der Waals surface area (Å²) in [6.45, 7) is 5.70. The molecule has 15 heavy (non-hydrogen) atoms. The molecule has 2 heterocycles. The van der Waals surface area contributed by atoms with Crippen molar-refractivity contribution in [2.24, 2.45) is 0 Å². The van der Waals surface area contributed by atoms with Gasteiger partial charge in [0, 0.05) is 0 Å². The number of rotatable bonds is 2. The van der Waals surface area contributed by atoms with E-state index in [1.54, 1.807) is 13.0 Å². The van der Waals surface area contributed by atoms with Crippen LogP contribution in [0.15, 0.2) is 10.5 Å². The van der Waals surface area contributed by atoms with Crippen LogP contribution in [0.5, 0.6) is 0 Å². The Morgan fingerprint density at radius 2 is 2.13 bits per heavy atom. The molecular weight excluding hydrogens is 196 g/mol. The fraction of sp³-hybridized carbons (Fsp3) is 0.545. The van der Waals surface area contributed by atoms with Gasteiger partial charge in [-0.2, -0.15) is 0 Å². The van der Waals surface area contributed by atoms with Crippen LogP contribution >= 0.6 is 0 Å². The molecule has 1 aliphatic heterocycles. The molecule has 1 aromatic heterocycles. The minimum atomic E-state index is -0.374. The zero-order valence-electron chi connectivity index (χ0n) is 9.29. The first kappa shape index (κ1) is 10.2. The molecule has 1 aliphatic rings. The number of carbonyl (C=O) groups excluding carboxylic acids is 1. The summed E-state index contributed by atoms with van der Waals surface area (Å²) in [7, 11) is 1.35. The van der Waals surface area contributed by atoms with Gasteiger partial charge in [-0.15, -0.1) is 0 Å². The molecule has 4 nitrogen and oxygen atoms in total. The second kappa shape index (κ2) is 3.10. The predicted octanol–water partition coefficient (Wildman–Crippen LogP) is 2.22. The van der Waals surface area contributed by atoms with Crippen molar-refractivity contribution < 1.29 is 18.7 Å². The van der Waals surface area contributed by atoms with Gasteiger partial charge in [0.05, 0.1) is 12.7 Å². The van der Waals surface area contributed by atoms with Crippen LogP contribution in [0.3, 0.4) is 0 Å². The van der Waals surface area contributed by atoms with Crippen LogP contribution in [-0.4, -0.2) is 18.7 Å². The van der Waals surface area contributed by atoms with Gasteiger partial charge >= 0.3 is 5.97 Å². The van der Waals surface area contributed by atoms with Gasteiger partial charge in [0.25, 0.3) is 0 Å². The first-order valence-corrected chi connectivity index (χ1v) is 4.82. The van der Waals surface area contributed by atoms with Crippen molar-refractivity contribution in [2.75, 3.05) is 7.11 Å². The van der Waals surface area contributed by atoms with Crippen LogP contribution in [0.2, 0.25) is 0 Å². The van der Waals surface area contributed by atoms with Crippen LogP contribution in [-0.2, 0) is 9.47 Å². The van der Waals surface area contributed by atoms with E-state index in [0.717, 1.165) is 0 Å². The number of methoxy groups -OCH3 is 1. The Morgan fingerprint density at radius 3 is 2.60 bits per heavy atom. The molecule has 1 atom stereocenters. The molecular formula is C11H14O4. The SMILES string of the molecule is COC(=O)c1cc(C2OC2(C)C)oc1C. The number of ether oxygens (including phenoxy) is 2. The first-order valence-electron chi connectivity index (χ1n) is 4.82. The van der Waals surface area contributed by atoms with Crippen molar-refractivity contribution in [2.45, 2.75) is 32.5 Å². The number of hydrogen-bond donors (Lipinski definition) is 0. The molecule has 0 bridgehead atoms. The van der Waals surface area contributed by atoms with E-state index in [4.69, 9.17) is 9.15 Å². The molecule has 1 fully saturated rings. The Hall–Kier alpha value is -1.29. The highest BCUT2D eigenvalue weighted by atomic mass is 16.6. The normalized spacial score (nSPS) is 22.5. The molecule has 0 amide bonds. The molecule has 1 unspecified atom stereocenters. The summed E-state index contributed by atoms with van der Waals surface area (Å²) in [4.78, 5) is 11.3. The molecule has 2 rings (SSSR count). The molecule has 0 spiro atoms. The van der Waals surface area contributed by atoms with E-state index in [2.05, 4.69) is 4.74 Å². The summed E-state index contributed by atoms with van der Waals surface area (Å²) in [5.41, 5.74) is 0.288. The third-order valence-electron chi connectivity index (χ3n) is 2.60. The number of epoxide rings is 1. The van der Waals surface area contributed by atoms with Gasteiger partial charge in [-0.05, 0) is 26.8 Å². The van der Waals surface area contributed by atoms with Crippen LogP contribution in [0, 0.1) is 6.92 Å². The minimum absolute atomic E-state index is 0.0467. The average molecular weight is 210 g/mol. The highest BCUT2D eigenvalue weighted by molar-refractivity contribution is 5.90. The lowest BCUT2D eigenvalue weighted by atomic mass is 10.1. The lowest BCUT2D eigenvalue weighted by Gasteiger charge is -1.93. The zero-order chi connectivity index (χ0) is 11.2. The topological polar surface area (TPSA) is 52.0 Å². The van der Waals surface area contributed by atoms with Gasteiger partial charge < -0.3 is 13.9 Å². The zero-order valence-corrected chi connectivity index (χ0v) is 9.29. The molecule has 0 aromatic carbocycles. The average Bonchev–Trinajstić information content (AvgIpc) is 2.64. The maximum atomic E-state index is 11.3. The van der Waals surface area contributed by atoms with E-state index in [9.17, 15) is 4.79 Å². The van der Waals surface area contributed by atoms with E-state index in [0.29, 0.717) is 17.1 Å². The quantitative estimate of drug-likeness (QED) is 0.554. The third kappa shape index (κ3) is 1.65. The van der Waals surface area contributed by atoms with E-state index in [-0.39, 0.29) is 17.7 Å². The Morgan fingerprint density at radius 1 is 1.53 bits per heavy atom. The maximum absolute atomic E-state index is 11.3. The summed E-state index contributed by atoms with van der Waals surface area (Å²) in [5.74, 6) is 0.891. The second-order valence-corrected chi connectivity index (χ2v) is 4.21. The minimum Gasteiger partial charge on any atom is -0.465 e. The van der Waals surface area contributed by atoms with Crippen molar-refractivity contribution in [1.29, 1.82) is 0 Å². The van der Waals surface area contributed by atoms with Crippen LogP contribution in [0.4, 0.5) is 0 Å². The largest absolute Gasteiger partial charge is 0.465 e. The Labute approximate surface area is 88.2 Å². The highest BCUT2D eigenvalue weighted by Gasteiger charge is 2.51. The summed E-state index contributed by atoms with van der Waals surface area (Å²) in [6.07, 6.45) is -0.0467. The molecule has 0 saturated carbocycles. The number of carbonyl (C=O) groups is 1. The molecule has 1 aromatic rings. The standard InChI is InChI=1S/C11H14O4/c1-6-7(10(12)13-4)5-8(14-6)9-11(2,3)15-9/h5,9H,1-4H3. The fourth-order valence-corrected chi connectivity index (χ4v) is 1.62. The van der Waals surface area contributed by atoms with E-state index in [1.165, 1.54) is 7.11 Å². The number of aryl methyl sites for hydroxylation is 1. The van der Waals surface area contributed by atoms with Crippen LogP contribution in [0.25, 0.3) is 0 Å². The van der Waals surface area contributed by atoms with E-state index < -0.39 is 0 Å². The predicted molar refractivity (Wildman–Crippen MR) is 52.7 cm³/mol. The Kier molecular flexibility index (Phi) is 2.12. The molecule has 82 valence electrons. The lowest BCUT2D eigenvalue weighted by molar-refractivity contribution is 0.0599. The van der Waals surface area contributed by atoms with Crippen molar-refractivity contribution in [3.63, 3.8) is 0 Å². The van der Waals surface area contributed by atoms with Gasteiger partial charge in [-0.1, -0.05) is 0 Å². The number of hydrogen-bond acceptors (Lipinski definition) is 4. The summed E-state index contributed by atoms with van der Waals surface area (Å²) < 4.78 is 15.5. The van der Waals surface area contributed by atoms with Crippen molar-refractivity contribution in [3.05, 3.63) is 23.2 Å². The smallest absolute Gasteiger partial charge is 0.341 e. The van der Waals surface area contributed by atoms with E-state index >= 15 is 0 Å². The first-order chi connectivity index (χ1) is 6.95. The fourth-order valence-electron chi connectivity index (χ4n) is 1.62. The molecule has 1 saturated heterocycles. The number of esters is 1. The van der Waals surface area contributed by atoms with Gasteiger partial charge in [0.1, 0.15) is 23.2 Å². The Bertz CT molecular complexity index is 403. The monoisotopic (exact) mass is 210 g/mol. The molecule has 4 heteroatoms. The lowest BCUT2D eigenvalue weighted by Crippen LogP contribution is -2.00. The van der Waals surface area contributed by atoms with Crippen LogP contribution in [0.1, 0.15) is 41.8 Å². The van der Waals surface area contributed by atoms with Gasteiger partial charge in [0.2, 0.25) is 0 Å². The third-order valence-corrected chi connectivity index (χ3v) is 2.60. The van der Waals surface area contributed by atoms with Crippen LogP contribution < -0.4 is 0 Å². The number of furan rings is 1. The second-order valence-electron chi connectivity index (χ2n) is 4.21. The van der Waals surface area contributed by atoms with Crippen molar-refractivity contribution in [3.8, 4) is 0 Å². The molecule has 0 N–H and O–H groups in total. The summed E-state index contributed by atoms with van der Waals surface area (Å²) >= 11 is 0. The van der Waals surface area contributed by atoms with E-state index in [1.807, 2.05) is 13.8 Å². The van der Waals surface area contributed by atoms with Gasteiger partial charge in [-0.3, -0.25) is 0 Å². The summed E-state index contributed by atoms with van der Waals surface area (Å²) in [6, 6.07) is 1.70. The summed E-state index contributed by atoms with van der Waals surface area (Å²) in [5, 5.41) is 0. The molecule has 0 aliphatic carbocycles. The van der Waals surface area contributed by atoms with Crippen molar-refractivity contribution in [1.82, 2.24) is 0 Å².